The number of hydrazine groups is 1. The van der Waals surface area contributed by atoms with Crippen molar-refractivity contribution in [3.63, 3.8) is 0 Å². The van der Waals surface area contributed by atoms with E-state index in [0.29, 0.717) is 24.1 Å². The summed E-state index contributed by atoms with van der Waals surface area (Å²) in [5.74, 6) is 7.13. The smallest absolute Gasteiger partial charge is 0.218 e. The molecule has 2 aromatic heterocycles. The Hall–Kier alpha value is -2.21. The van der Waals surface area contributed by atoms with Crippen molar-refractivity contribution in [2.75, 3.05) is 12.0 Å². The van der Waals surface area contributed by atoms with Crippen LogP contribution >= 0.6 is 0 Å². The van der Waals surface area contributed by atoms with E-state index in [1.165, 1.54) is 0 Å². The summed E-state index contributed by atoms with van der Waals surface area (Å²) in [6.45, 7) is 2.49. The molecule has 0 aliphatic carbocycles. The molecule has 2 heterocycles. The highest BCUT2D eigenvalue weighted by Crippen LogP contribution is 2.13. The van der Waals surface area contributed by atoms with Gasteiger partial charge in [0.1, 0.15) is 11.6 Å². The Morgan fingerprint density at radius 2 is 2.21 bits per heavy atom. The first-order chi connectivity index (χ1) is 9.31. The van der Waals surface area contributed by atoms with E-state index in [2.05, 4.69) is 20.4 Å². The van der Waals surface area contributed by atoms with Gasteiger partial charge < -0.3 is 10.2 Å². The van der Waals surface area contributed by atoms with E-state index >= 15 is 0 Å². The van der Waals surface area contributed by atoms with Gasteiger partial charge in [0.25, 0.3) is 0 Å². The summed E-state index contributed by atoms with van der Waals surface area (Å²) >= 11 is 0. The van der Waals surface area contributed by atoms with Gasteiger partial charge in [0.2, 0.25) is 5.88 Å². The second-order valence-electron chi connectivity index (χ2n) is 3.93. The topological polar surface area (TPSA) is 86.0 Å². The van der Waals surface area contributed by atoms with Gasteiger partial charge in [-0.2, -0.15) is 4.98 Å². The van der Waals surface area contributed by atoms with Crippen LogP contribution in [0.1, 0.15) is 18.4 Å². The third-order valence-corrected chi connectivity index (χ3v) is 2.55. The van der Waals surface area contributed by atoms with Gasteiger partial charge in [0.15, 0.2) is 0 Å². The molecule has 0 saturated heterocycles. The molecule has 19 heavy (non-hydrogen) atoms. The molecule has 0 atom stereocenters. The molecule has 0 aromatic carbocycles. The van der Waals surface area contributed by atoms with E-state index < -0.39 is 0 Å². The first-order valence-corrected chi connectivity index (χ1v) is 6.19. The highest BCUT2D eigenvalue weighted by Gasteiger charge is 2.04. The lowest BCUT2D eigenvalue weighted by molar-refractivity contribution is 0.306. The van der Waals surface area contributed by atoms with Gasteiger partial charge in [-0.3, -0.25) is 4.98 Å². The van der Waals surface area contributed by atoms with E-state index in [9.17, 15) is 0 Å². The molecule has 3 N–H and O–H groups in total. The number of hydrogen-bond donors (Lipinski definition) is 2. The number of pyridine rings is 1. The number of nitrogens with one attached hydrogen (secondary N) is 1. The minimum Gasteiger partial charge on any atom is -0.477 e. The summed E-state index contributed by atoms with van der Waals surface area (Å²) in [4.78, 5) is 12.7. The maximum absolute atomic E-state index is 5.61. The number of nitrogen functional groups attached to an aromatic ring is 1. The summed E-state index contributed by atoms with van der Waals surface area (Å²) in [5, 5.41) is 0. The average Bonchev–Trinajstić information content (AvgIpc) is 2.48. The van der Waals surface area contributed by atoms with E-state index in [4.69, 9.17) is 10.6 Å². The molecule has 0 radical (unpaired) electrons. The molecule has 0 spiro atoms. The van der Waals surface area contributed by atoms with E-state index in [-0.39, 0.29) is 0 Å². The quantitative estimate of drug-likeness (QED) is 0.601. The molecular weight excluding hydrogens is 242 g/mol. The molecule has 0 amide bonds. The van der Waals surface area contributed by atoms with Crippen molar-refractivity contribution in [2.24, 2.45) is 5.84 Å². The molecular formula is C13H17N5O. The van der Waals surface area contributed by atoms with Crippen LogP contribution in [0.15, 0.2) is 30.5 Å². The Balaban J connectivity index is 1.95. The highest BCUT2D eigenvalue weighted by atomic mass is 16.5. The van der Waals surface area contributed by atoms with Crippen molar-refractivity contribution in [3.8, 4) is 5.88 Å². The number of nitrogens with zero attached hydrogens (tertiary/aromatic N) is 3. The molecule has 2 rings (SSSR count). The number of aryl methyl sites for hydroxylation is 1. The molecule has 0 aliphatic heterocycles. The fourth-order valence-electron chi connectivity index (χ4n) is 1.58. The Morgan fingerprint density at radius 1 is 1.32 bits per heavy atom. The van der Waals surface area contributed by atoms with Crippen molar-refractivity contribution in [1.82, 2.24) is 15.0 Å². The SMILES string of the molecule is CCc1nc(NN)cc(OCCc2ccccn2)n1. The zero-order valence-corrected chi connectivity index (χ0v) is 10.8. The lowest BCUT2D eigenvalue weighted by atomic mass is 10.3. The second-order valence-corrected chi connectivity index (χ2v) is 3.93. The van der Waals surface area contributed by atoms with Crippen LogP contribution in [0.25, 0.3) is 0 Å². The van der Waals surface area contributed by atoms with Crippen LogP contribution in [0.4, 0.5) is 5.82 Å². The zero-order valence-electron chi connectivity index (χ0n) is 10.8. The number of hydrogen-bond acceptors (Lipinski definition) is 6. The van der Waals surface area contributed by atoms with Crippen molar-refractivity contribution in [2.45, 2.75) is 19.8 Å². The molecule has 6 nitrogen and oxygen atoms in total. The molecule has 0 saturated carbocycles. The van der Waals surface area contributed by atoms with Gasteiger partial charge in [0, 0.05) is 30.8 Å². The summed E-state index contributed by atoms with van der Waals surface area (Å²) < 4.78 is 5.61. The zero-order chi connectivity index (χ0) is 13.5. The van der Waals surface area contributed by atoms with Gasteiger partial charge in [-0.05, 0) is 12.1 Å². The van der Waals surface area contributed by atoms with Crippen molar-refractivity contribution >= 4 is 5.82 Å². The minimum absolute atomic E-state index is 0.515. The fraction of sp³-hybridized carbons (Fsp3) is 0.308. The highest BCUT2D eigenvalue weighted by molar-refractivity contribution is 5.36. The largest absolute Gasteiger partial charge is 0.477 e. The van der Waals surface area contributed by atoms with Crippen LogP contribution in [0, 0.1) is 0 Å². The number of rotatable bonds is 6. The van der Waals surface area contributed by atoms with Gasteiger partial charge in [-0.15, -0.1) is 0 Å². The maximum Gasteiger partial charge on any atom is 0.218 e. The van der Waals surface area contributed by atoms with Gasteiger partial charge in [-0.25, -0.2) is 10.8 Å². The van der Waals surface area contributed by atoms with Crippen LogP contribution in [0.5, 0.6) is 5.88 Å². The van der Waals surface area contributed by atoms with Gasteiger partial charge >= 0.3 is 0 Å². The summed E-state index contributed by atoms with van der Waals surface area (Å²) in [6, 6.07) is 7.49. The monoisotopic (exact) mass is 259 g/mol. The van der Waals surface area contributed by atoms with Crippen LogP contribution in [0.2, 0.25) is 0 Å². The van der Waals surface area contributed by atoms with Crippen LogP contribution < -0.4 is 16.0 Å². The van der Waals surface area contributed by atoms with Gasteiger partial charge in [0.05, 0.1) is 6.61 Å². The molecule has 0 unspecified atom stereocenters. The van der Waals surface area contributed by atoms with E-state index in [0.717, 1.165) is 18.5 Å². The van der Waals surface area contributed by atoms with Crippen molar-refractivity contribution in [3.05, 3.63) is 42.0 Å². The van der Waals surface area contributed by atoms with Crippen molar-refractivity contribution in [1.29, 1.82) is 0 Å². The number of nitrogens with two attached hydrogens (primary N) is 1. The average molecular weight is 259 g/mol. The first-order valence-electron chi connectivity index (χ1n) is 6.19. The van der Waals surface area contributed by atoms with Crippen molar-refractivity contribution < 1.29 is 4.74 Å². The standard InChI is InChI=1S/C13H17N5O/c1-2-11-16-12(18-14)9-13(17-11)19-8-6-10-5-3-4-7-15-10/h3-5,7,9H,2,6,8,14H2,1H3,(H,16,17,18). The lowest BCUT2D eigenvalue weighted by Crippen LogP contribution is -2.12. The van der Waals surface area contributed by atoms with E-state index in [1.54, 1.807) is 12.3 Å². The Kier molecular flexibility index (Phi) is 4.63. The fourth-order valence-corrected chi connectivity index (χ4v) is 1.58. The Bertz CT molecular complexity index is 495. The summed E-state index contributed by atoms with van der Waals surface area (Å²) in [7, 11) is 0. The summed E-state index contributed by atoms with van der Waals surface area (Å²) in [5.41, 5.74) is 3.50. The summed E-state index contributed by atoms with van der Waals surface area (Å²) in [6.07, 6.45) is 3.23. The Labute approximate surface area is 112 Å². The van der Waals surface area contributed by atoms with E-state index in [1.807, 2.05) is 25.1 Å². The lowest BCUT2D eigenvalue weighted by Gasteiger charge is -2.08. The predicted molar refractivity (Wildman–Crippen MR) is 72.7 cm³/mol. The number of aromatic nitrogens is 3. The minimum atomic E-state index is 0.515. The van der Waals surface area contributed by atoms with Crippen LogP contribution in [-0.2, 0) is 12.8 Å². The molecule has 0 fully saturated rings. The molecule has 2 aromatic rings. The molecule has 100 valence electrons. The molecule has 6 heteroatoms. The third-order valence-electron chi connectivity index (χ3n) is 2.55. The molecule has 0 aliphatic rings. The first kappa shape index (κ1) is 13.2. The Morgan fingerprint density at radius 3 is 2.89 bits per heavy atom. The number of anilines is 1. The molecule has 0 bridgehead atoms. The third kappa shape index (κ3) is 3.89. The van der Waals surface area contributed by atoms with Crippen LogP contribution in [-0.4, -0.2) is 21.6 Å². The second kappa shape index (κ2) is 6.65. The normalized spacial score (nSPS) is 10.2. The maximum atomic E-state index is 5.61. The number of ether oxygens (including phenoxy) is 1. The van der Waals surface area contributed by atoms with Gasteiger partial charge in [-0.1, -0.05) is 13.0 Å². The van der Waals surface area contributed by atoms with Crippen LogP contribution in [0.3, 0.4) is 0 Å². The predicted octanol–water partition coefficient (Wildman–Crippen LogP) is 1.34.